The van der Waals surface area contributed by atoms with Gasteiger partial charge in [0.15, 0.2) is 0 Å². The van der Waals surface area contributed by atoms with Crippen LogP contribution >= 0.6 is 0 Å². The molecule has 1 aromatic rings. The van der Waals surface area contributed by atoms with Crippen molar-refractivity contribution in [1.82, 2.24) is 10.2 Å². The van der Waals surface area contributed by atoms with Gasteiger partial charge >= 0.3 is 0 Å². The third-order valence-electron chi connectivity index (χ3n) is 5.14. The minimum absolute atomic E-state index is 0.522. The second-order valence-corrected chi connectivity index (χ2v) is 7.18. The van der Waals surface area contributed by atoms with Gasteiger partial charge in [0.2, 0.25) is 0 Å². The Labute approximate surface area is 129 Å². The molecule has 118 valence electrons. The van der Waals surface area contributed by atoms with Crippen LogP contribution < -0.4 is 5.32 Å². The summed E-state index contributed by atoms with van der Waals surface area (Å²) in [4.78, 5) is 2.69. The Bertz CT molecular complexity index is 438. The highest BCUT2D eigenvalue weighted by molar-refractivity contribution is 5.13. The fraction of sp³-hybridized carbons (Fsp3) is 0.778. The van der Waals surface area contributed by atoms with Crippen molar-refractivity contribution in [3.8, 4) is 0 Å². The van der Waals surface area contributed by atoms with Gasteiger partial charge in [0.1, 0.15) is 5.76 Å². The molecule has 3 rings (SSSR count). The number of piperidine rings is 1. The SMILES string of the molecule is CC(C)NCc1coc(CN2CCC[C@H]3CCCC[C@H]32)c1. The molecule has 2 fully saturated rings. The van der Waals surface area contributed by atoms with Gasteiger partial charge < -0.3 is 9.73 Å². The van der Waals surface area contributed by atoms with E-state index >= 15 is 0 Å². The number of fused-ring (bicyclic) bond motifs is 1. The summed E-state index contributed by atoms with van der Waals surface area (Å²) in [5.74, 6) is 2.09. The summed E-state index contributed by atoms with van der Waals surface area (Å²) in [6.07, 6.45) is 10.4. The van der Waals surface area contributed by atoms with Crippen LogP contribution in [0.2, 0.25) is 0 Å². The highest BCUT2D eigenvalue weighted by Gasteiger charge is 2.33. The van der Waals surface area contributed by atoms with Gasteiger partial charge in [-0.1, -0.05) is 26.7 Å². The molecule has 1 saturated heterocycles. The van der Waals surface area contributed by atoms with Crippen LogP contribution in [0.5, 0.6) is 0 Å². The summed E-state index contributed by atoms with van der Waals surface area (Å²) in [6.45, 7) is 7.52. The first-order valence-electron chi connectivity index (χ1n) is 8.76. The lowest BCUT2D eigenvalue weighted by Crippen LogP contribution is -2.46. The minimum Gasteiger partial charge on any atom is -0.468 e. The summed E-state index contributed by atoms with van der Waals surface area (Å²) in [7, 11) is 0. The lowest BCUT2D eigenvalue weighted by Gasteiger charge is -2.43. The standard InChI is InChI=1S/C18H30N2O/c1-14(2)19-11-15-10-17(21-13-15)12-20-9-5-7-16-6-3-4-8-18(16)20/h10,13-14,16,18-19H,3-9,11-12H2,1-2H3/t16-,18-/m1/s1. The van der Waals surface area contributed by atoms with Gasteiger partial charge in [-0.25, -0.2) is 0 Å². The number of likely N-dealkylation sites (tertiary alicyclic amines) is 1. The fourth-order valence-corrected chi connectivity index (χ4v) is 4.05. The highest BCUT2D eigenvalue weighted by Crippen LogP contribution is 2.36. The topological polar surface area (TPSA) is 28.4 Å². The predicted molar refractivity (Wildman–Crippen MR) is 86.1 cm³/mol. The molecular weight excluding hydrogens is 260 g/mol. The van der Waals surface area contributed by atoms with Gasteiger partial charge in [-0.2, -0.15) is 0 Å². The molecule has 0 amide bonds. The fourth-order valence-electron chi connectivity index (χ4n) is 4.05. The van der Waals surface area contributed by atoms with Gasteiger partial charge in [-0.3, -0.25) is 4.90 Å². The molecule has 3 heteroatoms. The van der Waals surface area contributed by atoms with Crippen molar-refractivity contribution >= 4 is 0 Å². The van der Waals surface area contributed by atoms with Crippen LogP contribution in [-0.4, -0.2) is 23.5 Å². The molecule has 2 heterocycles. The van der Waals surface area contributed by atoms with Gasteiger partial charge in [-0.05, 0) is 44.2 Å². The van der Waals surface area contributed by atoms with Crippen LogP contribution in [0.4, 0.5) is 0 Å². The molecule has 21 heavy (non-hydrogen) atoms. The first kappa shape index (κ1) is 15.1. The van der Waals surface area contributed by atoms with E-state index in [0.29, 0.717) is 6.04 Å². The van der Waals surface area contributed by atoms with Crippen LogP contribution in [0.3, 0.4) is 0 Å². The molecule has 0 aromatic carbocycles. The highest BCUT2D eigenvalue weighted by atomic mass is 16.3. The van der Waals surface area contributed by atoms with Crippen molar-refractivity contribution in [3.63, 3.8) is 0 Å². The summed E-state index contributed by atoms with van der Waals surface area (Å²) in [5.41, 5.74) is 1.27. The average molecular weight is 290 g/mol. The number of hydrogen-bond donors (Lipinski definition) is 1. The molecule has 0 bridgehead atoms. The van der Waals surface area contributed by atoms with Gasteiger partial charge in [0.05, 0.1) is 12.8 Å². The molecule has 1 aromatic heterocycles. The van der Waals surface area contributed by atoms with Crippen molar-refractivity contribution in [2.45, 2.75) is 77.5 Å². The van der Waals surface area contributed by atoms with Gasteiger partial charge in [0, 0.05) is 24.2 Å². The van der Waals surface area contributed by atoms with Crippen molar-refractivity contribution in [1.29, 1.82) is 0 Å². The van der Waals surface area contributed by atoms with E-state index in [1.54, 1.807) is 0 Å². The van der Waals surface area contributed by atoms with Crippen molar-refractivity contribution < 1.29 is 4.42 Å². The Hall–Kier alpha value is -0.800. The van der Waals surface area contributed by atoms with Crippen molar-refractivity contribution in [2.24, 2.45) is 5.92 Å². The number of hydrogen-bond acceptors (Lipinski definition) is 3. The Morgan fingerprint density at radius 3 is 2.90 bits per heavy atom. The molecule has 0 radical (unpaired) electrons. The monoisotopic (exact) mass is 290 g/mol. The Morgan fingerprint density at radius 2 is 2.05 bits per heavy atom. The number of nitrogens with zero attached hydrogens (tertiary/aromatic N) is 1. The van der Waals surface area contributed by atoms with Crippen molar-refractivity contribution in [2.75, 3.05) is 6.54 Å². The average Bonchev–Trinajstić information content (AvgIpc) is 2.93. The van der Waals surface area contributed by atoms with Crippen LogP contribution in [0.25, 0.3) is 0 Å². The molecule has 3 nitrogen and oxygen atoms in total. The van der Waals surface area contributed by atoms with E-state index in [-0.39, 0.29) is 0 Å². The van der Waals surface area contributed by atoms with E-state index in [9.17, 15) is 0 Å². The third kappa shape index (κ3) is 3.89. The second-order valence-electron chi connectivity index (χ2n) is 7.18. The summed E-state index contributed by atoms with van der Waals surface area (Å²) in [5, 5.41) is 3.45. The maximum absolute atomic E-state index is 5.80. The normalized spacial score (nSPS) is 27.0. The summed E-state index contributed by atoms with van der Waals surface area (Å²) < 4.78 is 5.80. The Balaban J connectivity index is 1.57. The largest absolute Gasteiger partial charge is 0.468 e. The van der Waals surface area contributed by atoms with E-state index in [0.717, 1.165) is 30.8 Å². The van der Waals surface area contributed by atoms with Crippen LogP contribution in [0.1, 0.15) is 63.7 Å². The minimum atomic E-state index is 0.522. The van der Waals surface area contributed by atoms with Crippen LogP contribution in [0, 0.1) is 5.92 Å². The zero-order chi connectivity index (χ0) is 14.7. The molecule has 1 N–H and O–H groups in total. The van der Waals surface area contributed by atoms with E-state index in [4.69, 9.17) is 4.42 Å². The third-order valence-corrected chi connectivity index (χ3v) is 5.14. The van der Waals surface area contributed by atoms with E-state index in [1.165, 1.54) is 50.6 Å². The van der Waals surface area contributed by atoms with E-state index in [2.05, 4.69) is 30.1 Å². The maximum atomic E-state index is 5.80. The summed E-state index contributed by atoms with van der Waals surface area (Å²) >= 11 is 0. The van der Waals surface area contributed by atoms with Gasteiger partial charge in [-0.15, -0.1) is 0 Å². The van der Waals surface area contributed by atoms with Crippen LogP contribution in [0.15, 0.2) is 16.7 Å². The quantitative estimate of drug-likeness (QED) is 0.890. The van der Waals surface area contributed by atoms with E-state index in [1.807, 2.05) is 6.26 Å². The van der Waals surface area contributed by atoms with E-state index < -0.39 is 0 Å². The molecule has 1 saturated carbocycles. The lowest BCUT2D eigenvalue weighted by atomic mass is 9.78. The predicted octanol–water partition coefficient (Wildman–Crippen LogP) is 3.93. The van der Waals surface area contributed by atoms with Crippen molar-refractivity contribution in [3.05, 3.63) is 23.7 Å². The number of rotatable bonds is 5. The second kappa shape index (κ2) is 6.97. The van der Waals surface area contributed by atoms with Crippen LogP contribution in [-0.2, 0) is 13.1 Å². The van der Waals surface area contributed by atoms with Gasteiger partial charge in [0.25, 0.3) is 0 Å². The molecule has 2 aliphatic rings. The Morgan fingerprint density at radius 1 is 1.24 bits per heavy atom. The first-order chi connectivity index (χ1) is 10.2. The molecule has 0 spiro atoms. The number of furan rings is 1. The molecule has 0 unspecified atom stereocenters. The molecule has 2 atom stereocenters. The lowest BCUT2D eigenvalue weighted by molar-refractivity contribution is 0.0495. The first-order valence-corrected chi connectivity index (χ1v) is 8.76. The Kier molecular flexibility index (Phi) is 5.02. The summed E-state index contributed by atoms with van der Waals surface area (Å²) in [6, 6.07) is 3.57. The smallest absolute Gasteiger partial charge is 0.118 e. The zero-order valence-corrected chi connectivity index (χ0v) is 13.6. The maximum Gasteiger partial charge on any atom is 0.118 e. The zero-order valence-electron chi connectivity index (χ0n) is 13.6. The molecule has 1 aliphatic heterocycles. The number of nitrogens with one attached hydrogen (secondary N) is 1. The molecule has 1 aliphatic carbocycles. The molecular formula is C18H30N2O.